The van der Waals surface area contributed by atoms with Gasteiger partial charge < -0.3 is 16.4 Å². The molecule has 0 aromatic heterocycles. The van der Waals surface area contributed by atoms with Crippen LogP contribution in [0.2, 0.25) is 0 Å². The van der Waals surface area contributed by atoms with Crippen molar-refractivity contribution in [1.82, 2.24) is 4.90 Å². The van der Waals surface area contributed by atoms with Gasteiger partial charge in [-0.2, -0.15) is 0 Å². The smallest absolute Gasteiger partial charge is 0.237 e. The van der Waals surface area contributed by atoms with Gasteiger partial charge in [0.1, 0.15) is 0 Å². The molecule has 16 heavy (non-hydrogen) atoms. The number of hydrogen-bond acceptors (Lipinski definition) is 3. The number of primary amides is 1. The minimum absolute atomic E-state index is 0.0204. The largest absolute Gasteiger partial charge is 0.368 e. The van der Waals surface area contributed by atoms with Crippen molar-refractivity contribution in [2.24, 2.45) is 17.4 Å². The van der Waals surface area contributed by atoms with Crippen molar-refractivity contribution in [3.05, 3.63) is 0 Å². The molecule has 0 saturated carbocycles. The second-order valence-corrected chi connectivity index (χ2v) is 4.51. The van der Waals surface area contributed by atoms with Gasteiger partial charge in [0.05, 0.1) is 6.54 Å². The van der Waals surface area contributed by atoms with E-state index < -0.39 is 5.91 Å². The second kappa shape index (κ2) is 7.22. The molecule has 2 amide bonds. The van der Waals surface area contributed by atoms with Gasteiger partial charge in [-0.25, -0.2) is 0 Å². The molecule has 0 rings (SSSR count). The van der Waals surface area contributed by atoms with Gasteiger partial charge in [-0.05, 0) is 12.3 Å². The fourth-order valence-electron chi connectivity index (χ4n) is 1.38. The van der Waals surface area contributed by atoms with E-state index in [0.29, 0.717) is 12.5 Å². The first kappa shape index (κ1) is 14.9. The van der Waals surface area contributed by atoms with Crippen LogP contribution in [0, 0.1) is 5.92 Å². The third kappa shape index (κ3) is 6.40. The summed E-state index contributed by atoms with van der Waals surface area (Å²) in [7, 11) is 0. The van der Waals surface area contributed by atoms with E-state index in [1.807, 2.05) is 20.8 Å². The van der Waals surface area contributed by atoms with Crippen molar-refractivity contribution < 1.29 is 9.59 Å². The summed E-state index contributed by atoms with van der Waals surface area (Å²) in [5.74, 6) is -0.276. The second-order valence-electron chi connectivity index (χ2n) is 4.51. The summed E-state index contributed by atoms with van der Waals surface area (Å²) >= 11 is 0. The van der Waals surface area contributed by atoms with E-state index in [1.165, 1.54) is 4.90 Å². The molecular weight excluding hydrogens is 206 g/mol. The third-order valence-corrected chi connectivity index (χ3v) is 2.25. The SMILES string of the molecule is CCC(N)CC(=O)N(CC(N)=O)CC(C)C. The Kier molecular flexibility index (Phi) is 6.72. The van der Waals surface area contributed by atoms with E-state index >= 15 is 0 Å². The molecule has 0 bridgehead atoms. The zero-order valence-corrected chi connectivity index (χ0v) is 10.4. The molecule has 0 aliphatic rings. The van der Waals surface area contributed by atoms with Gasteiger partial charge in [-0.1, -0.05) is 20.8 Å². The molecule has 0 aromatic carbocycles. The third-order valence-electron chi connectivity index (χ3n) is 2.25. The molecule has 5 nitrogen and oxygen atoms in total. The van der Waals surface area contributed by atoms with E-state index in [-0.39, 0.29) is 24.9 Å². The summed E-state index contributed by atoms with van der Waals surface area (Å²) in [5.41, 5.74) is 10.8. The summed E-state index contributed by atoms with van der Waals surface area (Å²) in [6, 6.07) is -0.143. The van der Waals surface area contributed by atoms with Crippen LogP contribution in [0.5, 0.6) is 0 Å². The lowest BCUT2D eigenvalue weighted by molar-refractivity contribution is -0.136. The Balaban J connectivity index is 4.37. The Morgan fingerprint density at radius 2 is 1.88 bits per heavy atom. The molecule has 0 heterocycles. The van der Waals surface area contributed by atoms with E-state index in [4.69, 9.17) is 11.5 Å². The van der Waals surface area contributed by atoms with Crippen LogP contribution in [-0.2, 0) is 9.59 Å². The Hall–Kier alpha value is -1.10. The molecule has 0 spiro atoms. The van der Waals surface area contributed by atoms with Crippen LogP contribution < -0.4 is 11.5 Å². The molecule has 0 fully saturated rings. The lowest BCUT2D eigenvalue weighted by Gasteiger charge is -2.24. The highest BCUT2D eigenvalue weighted by Crippen LogP contribution is 2.04. The number of carbonyl (C=O) groups excluding carboxylic acids is 2. The number of hydrogen-bond donors (Lipinski definition) is 2. The standard InChI is InChI=1S/C11H23N3O2/c1-4-9(12)5-11(16)14(6-8(2)3)7-10(13)15/h8-9H,4-7,12H2,1-3H3,(H2,13,15). The highest BCUT2D eigenvalue weighted by molar-refractivity contribution is 5.84. The van der Waals surface area contributed by atoms with Gasteiger partial charge in [-0.3, -0.25) is 9.59 Å². The molecule has 94 valence electrons. The molecule has 0 radical (unpaired) electrons. The Morgan fingerprint density at radius 1 is 1.31 bits per heavy atom. The molecule has 1 atom stereocenters. The van der Waals surface area contributed by atoms with Gasteiger partial charge in [0, 0.05) is 19.0 Å². The first-order chi connectivity index (χ1) is 7.36. The summed E-state index contributed by atoms with van der Waals surface area (Å²) < 4.78 is 0. The normalized spacial score (nSPS) is 12.6. The quantitative estimate of drug-likeness (QED) is 0.648. The zero-order chi connectivity index (χ0) is 12.7. The molecule has 1 unspecified atom stereocenters. The van der Waals surface area contributed by atoms with Crippen LogP contribution in [-0.4, -0.2) is 35.8 Å². The maximum absolute atomic E-state index is 11.8. The van der Waals surface area contributed by atoms with Crippen molar-refractivity contribution >= 4 is 11.8 Å². The number of carbonyl (C=O) groups is 2. The van der Waals surface area contributed by atoms with Crippen LogP contribution in [0.4, 0.5) is 0 Å². The number of nitrogens with two attached hydrogens (primary N) is 2. The summed E-state index contributed by atoms with van der Waals surface area (Å²) in [5, 5.41) is 0. The van der Waals surface area contributed by atoms with Gasteiger partial charge in [0.25, 0.3) is 0 Å². The molecule has 4 N–H and O–H groups in total. The predicted molar refractivity (Wildman–Crippen MR) is 63.5 cm³/mol. The predicted octanol–water partition coefficient (Wildman–Crippen LogP) is 0.0837. The first-order valence-electron chi connectivity index (χ1n) is 5.68. The van der Waals surface area contributed by atoms with Gasteiger partial charge >= 0.3 is 0 Å². The highest BCUT2D eigenvalue weighted by Gasteiger charge is 2.18. The monoisotopic (exact) mass is 229 g/mol. The van der Waals surface area contributed by atoms with Crippen molar-refractivity contribution in [2.45, 2.75) is 39.7 Å². The molecule has 0 saturated heterocycles. The van der Waals surface area contributed by atoms with Crippen LogP contribution in [0.3, 0.4) is 0 Å². The van der Waals surface area contributed by atoms with Gasteiger partial charge in [0.2, 0.25) is 11.8 Å². The summed E-state index contributed by atoms with van der Waals surface area (Å²) in [4.78, 5) is 24.2. The number of nitrogens with zero attached hydrogens (tertiary/aromatic N) is 1. The molecule has 0 aliphatic carbocycles. The van der Waals surface area contributed by atoms with Gasteiger partial charge in [-0.15, -0.1) is 0 Å². The summed E-state index contributed by atoms with van der Waals surface area (Å²) in [6.07, 6.45) is 1.02. The molecule has 0 aliphatic heterocycles. The highest BCUT2D eigenvalue weighted by atomic mass is 16.2. The van der Waals surface area contributed by atoms with E-state index in [1.54, 1.807) is 0 Å². The minimum Gasteiger partial charge on any atom is -0.368 e. The van der Waals surface area contributed by atoms with E-state index in [2.05, 4.69) is 0 Å². The molecular formula is C11H23N3O2. The van der Waals surface area contributed by atoms with E-state index in [9.17, 15) is 9.59 Å². The van der Waals surface area contributed by atoms with Crippen LogP contribution >= 0.6 is 0 Å². The summed E-state index contributed by atoms with van der Waals surface area (Å²) in [6.45, 7) is 6.42. The Labute approximate surface area is 97.2 Å². The van der Waals surface area contributed by atoms with Crippen molar-refractivity contribution in [3.63, 3.8) is 0 Å². The fraction of sp³-hybridized carbons (Fsp3) is 0.818. The van der Waals surface area contributed by atoms with Crippen molar-refractivity contribution in [3.8, 4) is 0 Å². The fourth-order valence-corrected chi connectivity index (χ4v) is 1.38. The molecule has 5 heteroatoms. The number of rotatable bonds is 7. The van der Waals surface area contributed by atoms with Crippen molar-refractivity contribution in [2.75, 3.05) is 13.1 Å². The Morgan fingerprint density at radius 3 is 2.25 bits per heavy atom. The molecule has 0 aromatic rings. The topological polar surface area (TPSA) is 89.4 Å². The van der Waals surface area contributed by atoms with Crippen LogP contribution in [0.15, 0.2) is 0 Å². The van der Waals surface area contributed by atoms with Crippen LogP contribution in [0.25, 0.3) is 0 Å². The maximum Gasteiger partial charge on any atom is 0.237 e. The maximum atomic E-state index is 11.8. The zero-order valence-electron chi connectivity index (χ0n) is 10.4. The minimum atomic E-state index is -0.487. The Bertz CT molecular complexity index is 241. The van der Waals surface area contributed by atoms with Crippen LogP contribution in [0.1, 0.15) is 33.6 Å². The first-order valence-corrected chi connectivity index (χ1v) is 5.68. The van der Waals surface area contributed by atoms with Crippen molar-refractivity contribution in [1.29, 1.82) is 0 Å². The van der Waals surface area contributed by atoms with E-state index in [0.717, 1.165) is 6.42 Å². The lowest BCUT2D eigenvalue weighted by atomic mass is 10.1. The average Bonchev–Trinajstić information content (AvgIpc) is 2.15. The average molecular weight is 229 g/mol. The van der Waals surface area contributed by atoms with Gasteiger partial charge in [0.15, 0.2) is 0 Å². The lowest BCUT2D eigenvalue weighted by Crippen LogP contribution is -2.42. The number of amides is 2.